The number of carbonyl (C=O) groups excluding carboxylic acids is 1. The Hall–Kier alpha value is -1.56. The SMILES string of the molecule is NC1CCCCC1NC(=O)c1ccc(C(F)(F)F)cc1. The maximum Gasteiger partial charge on any atom is 0.416 e. The van der Waals surface area contributed by atoms with Crippen molar-refractivity contribution >= 4 is 5.91 Å². The summed E-state index contributed by atoms with van der Waals surface area (Å²) in [5.41, 5.74) is 5.38. The lowest BCUT2D eigenvalue weighted by molar-refractivity contribution is -0.137. The number of benzene rings is 1. The first kappa shape index (κ1) is 14.8. The summed E-state index contributed by atoms with van der Waals surface area (Å²) in [6.07, 6.45) is -0.661. The third-order valence-corrected chi connectivity index (χ3v) is 3.61. The highest BCUT2D eigenvalue weighted by Gasteiger charge is 2.30. The Morgan fingerprint density at radius 2 is 1.75 bits per heavy atom. The maximum atomic E-state index is 12.4. The van der Waals surface area contributed by atoms with Crippen LogP contribution in [0, 0.1) is 0 Å². The summed E-state index contributed by atoms with van der Waals surface area (Å²) in [4.78, 5) is 12.0. The largest absolute Gasteiger partial charge is 0.416 e. The fourth-order valence-electron chi connectivity index (χ4n) is 2.40. The van der Waals surface area contributed by atoms with Crippen LogP contribution in [-0.2, 0) is 6.18 Å². The Morgan fingerprint density at radius 3 is 2.30 bits per heavy atom. The Kier molecular flexibility index (Phi) is 4.32. The van der Waals surface area contributed by atoms with Crippen LogP contribution in [0.4, 0.5) is 13.2 Å². The summed E-state index contributed by atoms with van der Waals surface area (Å²) in [7, 11) is 0. The lowest BCUT2D eigenvalue weighted by Gasteiger charge is -2.29. The van der Waals surface area contributed by atoms with Crippen LogP contribution in [0.2, 0.25) is 0 Å². The fourth-order valence-corrected chi connectivity index (χ4v) is 2.40. The molecule has 2 unspecified atom stereocenters. The van der Waals surface area contributed by atoms with E-state index < -0.39 is 11.7 Å². The molecule has 1 aliphatic rings. The zero-order valence-corrected chi connectivity index (χ0v) is 10.9. The molecule has 3 nitrogen and oxygen atoms in total. The number of nitrogens with two attached hydrogens (primary N) is 1. The number of alkyl halides is 3. The van der Waals surface area contributed by atoms with E-state index >= 15 is 0 Å². The molecule has 1 aliphatic carbocycles. The minimum absolute atomic E-state index is 0.0813. The number of carbonyl (C=O) groups is 1. The molecule has 1 fully saturated rings. The lowest BCUT2D eigenvalue weighted by Crippen LogP contribution is -2.49. The van der Waals surface area contributed by atoms with Crippen molar-refractivity contribution in [2.24, 2.45) is 5.73 Å². The molecule has 0 spiro atoms. The summed E-state index contributed by atoms with van der Waals surface area (Å²) in [5, 5.41) is 2.80. The van der Waals surface area contributed by atoms with E-state index in [2.05, 4.69) is 5.32 Å². The van der Waals surface area contributed by atoms with Crippen LogP contribution in [-0.4, -0.2) is 18.0 Å². The molecular weight excluding hydrogens is 269 g/mol. The van der Waals surface area contributed by atoms with Gasteiger partial charge in [-0.1, -0.05) is 12.8 Å². The monoisotopic (exact) mass is 286 g/mol. The van der Waals surface area contributed by atoms with Gasteiger partial charge in [0.15, 0.2) is 0 Å². The molecule has 3 N–H and O–H groups in total. The number of hydrogen-bond acceptors (Lipinski definition) is 2. The van der Waals surface area contributed by atoms with Crippen molar-refractivity contribution in [3.05, 3.63) is 35.4 Å². The molecule has 1 amide bonds. The highest BCUT2D eigenvalue weighted by molar-refractivity contribution is 5.94. The number of hydrogen-bond donors (Lipinski definition) is 2. The Bertz CT molecular complexity index is 470. The van der Waals surface area contributed by atoms with Crippen LogP contribution < -0.4 is 11.1 Å². The van der Waals surface area contributed by atoms with E-state index in [1.807, 2.05) is 0 Å². The summed E-state index contributed by atoms with van der Waals surface area (Å²) in [6.45, 7) is 0. The van der Waals surface area contributed by atoms with Gasteiger partial charge < -0.3 is 11.1 Å². The Labute approximate surface area is 115 Å². The van der Waals surface area contributed by atoms with Crippen molar-refractivity contribution in [1.29, 1.82) is 0 Å². The average Bonchev–Trinajstić information content (AvgIpc) is 2.40. The number of nitrogens with one attached hydrogen (secondary N) is 1. The second-order valence-corrected chi connectivity index (χ2v) is 5.10. The first-order chi connectivity index (χ1) is 9.38. The lowest BCUT2D eigenvalue weighted by atomic mass is 9.91. The standard InChI is InChI=1S/C14H17F3N2O/c15-14(16,17)10-7-5-9(6-8-10)13(20)19-12-4-2-1-3-11(12)18/h5-8,11-12H,1-4,18H2,(H,19,20). The minimum atomic E-state index is -4.39. The van der Waals surface area contributed by atoms with Crippen LogP contribution in [0.5, 0.6) is 0 Å². The molecule has 110 valence electrons. The highest BCUT2D eigenvalue weighted by atomic mass is 19.4. The average molecular weight is 286 g/mol. The summed E-state index contributed by atoms with van der Waals surface area (Å²) in [6, 6.07) is 4.02. The maximum absolute atomic E-state index is 12.4. The van der Waals surface area contributed by atoms with Crippen molar-refractivity contribution in [1.82, 2.24) is 5.32 Å². The van der Waals surface area contributed by atoms with E-state index in [1.54, 1.807) is 0 Å². The Balaban J connectivity index is 2.02. The van der Waals surface area contributed by atoms with Crippen molar-refractivity contribution in [3.8, 4) is 0 Å². The van der Waals surface area contributed by atoms with Gasteiger partial charge in [-0.2, -0.15) is 13.2 Å². The molecule has 0 heterocycles. The molecular formula is C14H17F3N2O. The van der Waals surface area contributed by atoms with Gasteiger partial charge >= 0.3 is 6.18 Å². The van der Waals surface area contributed by atoms with E-state index in [-0.39, 0.29) is 23.6 Å². The van der Waals surface area contributed by atoms with Crippen LogP contribution in [0.3, 0.4) is 0 Å². The molecule has 0 saturated heterocycles. The van der Waals surface area contributed by atoms with E-state index in [1.165, 1.54) is 12.1 Å². The molecule has 2 atom stereocenters. The van der Waals surface area contributed by atoms with Gasteiger partial charge in [0.25, 0.3) is 5.91 Å². The van der Waals surface area contributed by atoms with Gasteiger partial charge in [-0.25, -0.2) is 0 Å². The highest BCUT2D eigenvalue weighted by Crippen LogP contribution is 2.29. The molecule has 1 aromatic rings. The van der Waals surface area contributed by atoms with Crippen LogP contribution in [0.15, 0.2) is 24.3 Å². The number of amides is 1. The predicted molar refractivity (Wildman–Crippen MR) is 69.1 cm³/mol. The molecule has 1 saturated carbocycles. The molecule has 0 radical (unpaired) electrons. The number of halogens is 3. The topological polar surface area (TPSA) is 55.1 Å². The van der Waals surface area contributed by atoms with Crippen molar-refractivity contribution < 1.29 is 18.0 Å². The first-order valence-corrected chi connectivity index (χ1v) is 6.61. The second kappa shape index (κ2) is 5.83. The molecule has 20 heavy (non-hydrogen) atoms. The van der Waals surface area contributed by atoms with Crippen molar-refractivity contribution in [3.63, 3.8) is 0 Å². The van der Waals surface area contributed by atoms with Crippen molar-refractivity contribution in [2.45, 2.75) is 43.9 Å². The van der Waals surface area contributed by atoms with E-state index in [0.29, 0.717) is 0 Å². The van der Waals surface area contributed by atoms with Crippen molar-refractivity contribution in [2.75, 3.05) is 0 Å². The van der Waals surface area contributed by atoms with Crippen LogP contribution in [0.1, 0.15) is 41.6 Å². The zero-order valence-electron chi connectivity index (χ0n) is 10.9. The summed E-state index contributed by atoms with van der Waals surface area (Å²) >= 11 is 0. The third kappa shape index (κ3) is 3.50. The zero-order chi connectivity index (χ0) is 14.8. The molecule has 0 aliphatic heterocycles. The molecule has 6 heteroatoms. The van der Waals surface area contributed by atoms with Crippen LogP contribution in [0.25, 0.3) is 0 Å². The van der Waals surface area contributed by atoms with Gasteiger partial charge in [0.2, 0.25) is 0 Å². The minimum Gasteiger partial charge on any atom is -0.348 e. The van der Waals surface area contributed by atoms with Gasteiger partial charge in [-0.3, -0.25) is 4.79 Å². The fraction of sp³-hybridized carbons (Fsp3) is 0.500. The van der Waals surface area contributed by atoms with E-state index in [0.717, 1.165) is 37.8 Å². The van der Waals surface area contributed by atoms with E-state index in [4.69, 9.17) is 5.73 Å². The smallest absolute Gasteiger partial charge is 0.348 e. The molecule has 1 aromatic carbocycles. The number of rotatable bonds is 2. The van der Waals surface area contributed by atoms with Gasteiger partial charge in [0.05, 0.1) is 5.56 Å². The first-order valence-electron chi connectivity index (χ1n) is 6.61. The normalized spacial score (nSPS) is 23.4. The quantitative estimate of drug-likeness (QED) is 0.878. The molecule has 0 bridgehead atoms. The van der Waals surface area contributed by atoms with Gasteiger partial charge in [-0.05, 0) is 37.1 Å². The van der Waals surface area contributed by atoms with E-state index in [9.17, 15) is 18.0 Å². The summed E-state index contributed by atoms with van der Waals surface area (Å²) in [5.74, 6) is -0.374. The van der Waals surface area contributed by atoms with Gasteiger partial charge in [0, 0.05) is 17.6 Å². The summed E-state index contributed by atoms with van der Waals surface area (Å²) < 4.78 is 37.3. The Morgan fingerprint density at radius 1 is 1.15 bits per heavy atom. The molecule has 0 aromatic heterocycles. The third-order valence-electron chi connectivity index (χ3n) is 3.61. The predicted octanol–water partition coefficient (Wildman–Crippen LogP) is 2.71. The van der Waals surface area contributed by atoms with Gasteiger partial charge in [0.1, 0.15) is 0 Å². The molecule has 2 rings (SSSR count). The van der Waals surface area contributed by atoms with Gasteiger partial charge in [-0.15, -0.1) is 0 Å². The second-order valence-electron chi connectivity index (χ2n) is 5.10. The van der Waals surface area contributed by atoms with Crippen LogP contribution >= 0.6 is 0 Å².